The van der Waals surface area contributed by atoms with Gasteiger partial charge in [-0.1, -0.05) is 0 Å². The van der Waals surface area contributed by atoms with Gasteiger partial charge in [0.25, 0.3) is 0 Å². The Morgan fingerprint density at radius 2 is 1.76 bits per heavy atom. The summed E-state index contributed by atoms with van der Waals surface area (Å²) in [6.45, 7) is 6.04. The molecule has 0 fully saturated rings. The van der Waals surface area contributed by atoms with E-state index in [2.05, 4.69) is 11.9 Å². The lowest BCUT2D eigenvalue weighted by molar-refractivity contribution is 0.116. The smallest absolute Gasteiger partial charge is 0.119 e. The second kappa shape index (κ2) is 7.92. The van der Waals surface area contributed by atoms with Gasteiger partial charge in [-0.15, -0.1) is 0 Å². The second-order valence-electron chi connectivity index (χ2n) is 3.92. The van der Waals surface area contributed by atoms with Crippen molar-refractivity contribution in [3.8, 4) is 5.75 Å². The first-order valence-corrected chi connectivity index (χ1v) is 5.97. The maximum Gasteiger partial charge on any atom is 0.119 e. The number of likely N-dealkylation sites (N-methyl/N-ethyl adjacent to an activating group) is 1. The summed E-state index contributed by atoms with van der Waals surface area (Å²) in [4.78, 5) is 2.19. The average Bonchev–Trinajstić information content (AvgIpc) is 2.32. The van der Waals surface area contributed by atoms with E-state index in [1.807, 2.05) is 31.2 Å². The summed E-state index contributed by atoms with van der Waals surface area (Å²) < 4.78 is 10.9. The number of hydrogen-bond acceptors (Lipinski definition) is 4. The average molecular weight is 238 g/mol. The minimum atomic E-state index is 0.673. The lowest BCUT2D eigenvalue weighted by atomic mass is 10.3. The quantitative estimate of drug-likeness (QED) is 0.552. The van der Waals surface area contributed by atoms with Crippen molar-refractivity contribution in [2.75, 3.05) is 45.7 Å². The number of nitrogens with zero attached hydrogens (tertiary/aromatic N) is 1. The topological polar surface area (TPSA) is 47.7 Å². The molecule has 0 atom stereocenters. The molecule has 4 heteroatoms. The highest BCUT2D eigenvalue weighted by Crippen LogP contribution is 2.12. The van der Waals surface area contributed by atoms with Crippen LogP contribution in [-0.2, 0) is 4.74 Å². The van der Waals surface area contributed by atoms with Crippen LogP contribution >= 0.6 is 0 Å². The SMILES string of the molecule is CCOCCN(C)CCOc1ccc(N)cc1. The molecule has 0 radical (unpaired) electrons. The van der Waals surface area contributed by atoms with Crippen LogP contribution in [0.4, 0.5) is 5.69 Å². The van der Waals surface area contributed by atoms with Gasteiger partial charge in [-0.25, -0.2) is 0 Å². The summed E-state index contributed by atoms with van der Waals surface area (Å²) >= 11 is 0. The molecule has 96 valence electrons. The summed E-state index contributed by atoms with van der Waals surface area (Å²) in [5.41, 5.74) is 6.35. The Morgan fingerprint density at radius 1 is 1.12 bits per heavy atom. The molecule has 17 heavy (non-hydrogen) atoms. The van der Waals surface area contributed by atoms with Crippen molar-refractivity contribution in [2.24, 2.45) is 0 Å². The van der Waals surface area contributed by atoms with Crippen LogP contribution in [0.5, 0.6) is 5.75 Å². The molecule has 0 unspecified atom stereocenters. The number of nitrogen functional groups attached to an aromatic ring is 1. The minimum absolute atomic E-state index is 0.673. The van der Waals surface area contributed by atoms with E-state index in [0.29, 0.717) is 6.61 Å². The highest BCUT2D eigenvalue weighted by molar-refractivity contribution is 5.41. The molecule has 0 aliphatic carbocycles. The summed E-state index contributed by atoms with van der Waals surface area (Å²) in [6.07, 6.45) is 0. The summed E-state index contributed by atoms with van der Waals surface area (Å²) in [7, 11) is 2.06. The van der Waals surface area contributed by atoms with E-state index in [9.17, 15) is 0 Å². The van der Waals surface area contributed by atoms with Crippen LogP contribution in [0.3, 0.4) is 0 Å². The van der Waals surface area contributed by atoms with Crippen molar-refractivity contribution in [3.63, 3.8) is 0 Å². The molecule has 1 rings (SSSR count). The van der Waals surface area contributed by atoms with Gasteiger partial charge in [0.1, 0.15) is 12.4 Å². The monoisotopic (exact) mass is 238 g/mol. The molecule has 1 aromatic carbocycles. The zero-order chi connectivity index (χ0) is 12.5. The van der Waals surface area contributed by atoms with Gasteiger partial charge in [0, 0.05) is 25.4 Å². The van der Waals surface area contributed by atoms with E-state index >= 15 is 0 Å². The van der Waals surface area contributed by atoms with Gasteiger partial charge in [0.15, 0.2) is 0 Å². The standard InChI is InChI=1S/C13H22N2O2/c1-3-16-10-8-15(2)9-11-17-13-6-4-12(14)5-7-13/h4-7H,3,8-11,14H2,1-2H3. The lowest BCUT2D eigenvalue weighted by Crippen LogP contribution is -2.27. The maximum atomic E-state index is 5.60. The van der Waals surface area contributed by atoms with Gasteiger partial charge in [-0.2, -0.15) is 0 Å². The molecule has 2 N–H and O–H groups in total. The van der Waals surface area contributed by atoms with Crippen molar-refractivity contribution in [2.45, 2.75) is 6.92 Å². The molecule has 0 amide bonds. The molecular formula is C13H22N2O2. The zero-order valence-electron chi connectivity index (χ0n) is 10.7. The Hall–Kier alpha value is -1.26. The van der Waals surface area contributed by atoms with E-state index in [0.717, 1.165) is 37.7 Å². The normalized spacial score (nSPS) is 10.8. The van der Waals surface area contributed by atoms with Crippen molar-refractivity contribution in [3.05, 3.63) is 24.3 Å². The summed E-state index contributed by atoms with van der Waals surface area (Å²) in [5.74, 6) is 0.859. The molecule has 0 aliphatic heterocycles. The van der Waals surface area contributed by atoms with Gasteiger partial charge in [-0.3, -0.25) is 0 Å². The highest BCUT2D eigenvalue weighted by atomic mass is 16.5. The first-order valence-electron chi connectivity index (χ1n) is 5.97. The number of nitrogens with two attached hydrogens (primary N) is 1. The zero-order valence-corrected chi connectivity index (χ0v) is 10.7. The second-order valence-corrected chi connectivity index (χ2v) is 3.92. The van der Waals surface area contributed by atoms with Crippen molar-refractivity contribution in [1.82, 2.24) is 4.90 Å². The van der Waals surface area contributed by atoms with E-state index in [4.69, 9.17) is 15.2 Å². The third-order valence-electron chi connectivity index (χ3n) is 2.44. The maximum absolute atomic E-state index is 5.60. The van der Waals surface area contributed by atoms with E-state index in [-0.39, 0.29) is 0 Å². The third-order valence-corrected chi connectivity index (χ3v) is 2.44. The predicted molar refractivity (Wildman–Crippen MR) is 70.3 cm³/mol. The summed E-state index contributed by atoms with van der Waals surface area (Å²) in [5, 5.41) is 0. The van der Waals surface area contributed by atoms with Crippen LogP contribution in [0.1, 0.15) is 6.92 Å². The van der Waals surface area contributed by atoms with E-state index in [1.165, 1.54) is 0 Å². The molecule has 0 bridgehead atoms. The Balaban J connectivity index is 2.12. The van der Waals surface area contributed by atoms with Crippen LogP contribution in [-0.4, -0.2) is 44.9 Å². The Morgan fingerprint density at radius 3 is 2.41 bits per heavy atom. The molecule has 0 saturated heterocycles. The van der Waals surface area contributed by atoms with Crippen molar-refractivity contribution in [1.29, 1.82) is 0 Å². The van der Waals surface area contributed by atoms with Gasteiger partial charge < -0.3 is 20.1 Å². The Bertz CT molecular complexity index is 301. The minimum Gasteiger partial charge on any atom is -0.492 e. The number of hydrogen-bond donors (Lipinski definition) is 1. The fraction of sp³-hybridized carbons (Fsp3) is 0.538. The Labute approximate surface area is 103 Å². The molecule has 1 aromatic rings. The number of rotatable bonds is 8. The van der Waals surface area contributed by atoms with Crippen LogP contribution in [0, 0.1) is 0 Å². The molecule has 0 saturated carbocycles. The molecular weight excluding hydrogens is 216 g/mol. The van der Waals surface area contributed by atoms with E-state index in [1.54, 1.807) is 0 Å². The third kappa shape index (κ3) is 6.14. The Kier molecular flexibility index (Phi) is 6.43. The van der Waals surface area contributed by atoms with Crippen molar-refractivity contribution >= 4 is 5.69 Å². The van der Waals surface area contributed by atoms with Gasteiger partial charge in [-0.05, 0) is 38.2 Å². The molecule has 0 spiro atoms. The van der Waals surface area contributed by atoms with Crippen molar-refractivity contribution < 1.29 is 9.47 Å². The van der Waals surface area contributed by atoms with Gasteiger partial charge in [0.2, 0.25) is 0 Å². The van der Waals surface area contributed by atoms with Crippen LogP contribution in [0.2, 0.25) is 0 Å². The molecule has 0 heterocycles. The highest BCUT2D eigenvalue weighted by Gasteiger charge is 1.99. The molecule has 4 nitrogen and oxygen atoms in total. The predicted octanol–water partition coefficient (Wildman–Crippen LogP) is 1.62. The largest absolute Gasteiger partial charge is 0.492 e. The van der Waals surface area contributed by atoms with Crippen LogP contribution in [0.15, 0.2) is 24.3 Å². The number of ether oxygens (including phenoxy) is 2. The first kappa shape index (κ1) is 13.8. The lowest BCUT2D eigenvalue weighted by Gasteiger charge is -2.16. The molecule has 0 aromatic heterocycles. The molecule has 0 aliphatic rings. The van der Waals surface area contributed by atoms with Gasteiger partial charge >= 0.3 is 0 Å². The van der Waals surface area contributed by atoms with Crippen LogP contribution in [0.25, 0.3) is 0 Å². The number of anilines is 1. The van der Waals surface area contributed by atoms with E-state index < -0.39 is 0 Å². The van der Waals surface area contributed by atoms with Gasteiger partial charge in [0.05, 0.1) is 6.61 Å². The number of benzene rings is 1. The fourth-order valence-electron chi connectivity index (χ4n) is 1.36. The van der Waals surface area contributed by atoms with Crippen LogP contribution < -0.4 is 10.5 Å². The fourth-order valence-corrected chi connectivity index (χ4v) is 1.36. The first-order chi connectivity index (χ1) is 8.22. The summed E-state index contributed by atoms with van der Waals surface area (Å²) in [6, 6.07) is 7.45.